The Morgan fingerprint density at radius 2 is 0.895 bits per heavy atom. The van der Waals surface area contributed by atoms with E-state index in [0.717, 1.165) is 35.3 Å². The van der Waals surface area contributed by atoms with Crippen LogP contribution in [0.4, 0.5) is 0 Å². The maximum Gasteiger partial charge on any atom is 0.102 e. The number of hydrogen-bond donors (Lipinski definition) is 0. The monoisotopic (exact) mass is 500 g/mol. The van der Waals surface area contributed by atoms with Crippen molar-refractivity contribution >= 4 is 0 Å². The maximum absolute atomic E-state index is 5.80. The zero-order valence-corrected chi connectivity index (χ0v) is 18.0. The molecule has 0 aromatic heterocycles. The number of likely N-dealkylation sites (N-methyl/N-ethyl adjacent to an activating group) is 2. The van der Waals surface area contributed by atoms with Gasteiger partial charge >= 0.3 is 0 Å². The SMILES string of the molecule is CC[N+](C)(CC)CCOCC[N+](C)(CC)CC.[I-].[I-]. The van der Waals surface area contributed by atoms with Gasteiger partial charge in [0.05, 0.1) is 53.5 Å². The minimum absolute atomic E-state index is 0. The molecule has 0 spiro atoms. The van der Waals surface area contributed by atoms with E-state index in [4.69, 9.17) is 4.74 Å². The molecule has 0 aromatic rings. The Labute approximate surface area is 155 Å². The highest BCUT2D eigenvalue weighted by Crippen LogP contribution is 2.02. The van der Waals surface area contributed by atoms with Gasteiger partial charge in [-0.15, -0.1) is 0 Å². The first-order chi connectivity index (χ1) is 7.95. The minimum atomic E-state index is 0. The molecule has 5 heteroatoms. The number of rotatable bonds is 10. The average molecular weight is 500 g/mol. The van der Waals surface area contributed by atoms with E-state index >= 15 is 0 Å². The Bertz CT molecular complexity index is 176. The molecule has 0 aliphatic carbocycles. The predicted molar refractivity (Wildman–Crippen MR) is 75.1 cm³/mol. The highest BCUT2D eigenvalue weighted by molar-refractivity contribution is 4.38. The van der Waals surface area contributed by atoms with Gasteiger partial charge in [-0.2, -0.15) is 0 Å². The smallest absolute Gasteiger partial charge is 0.102 e. The molecular formula is C14H34I2N2O. The zero-order chi connectivity index (χ0) is 13.4. The van der Waals surface area contributed by atoms with Crippen molar-refractivity contribution in [1.29, 1.82) is 0 Å². The topological polar surface area (TPSA) is 9.23 Å². The van der Waals surface area contributed by atoms with Crippen molar-refractivity contribution in [2.45, 2.75) is 27.7 Å². The normalized spacial score (nSPS) is 11.7. The third-order valence-electron chi connectivity index (χ3n) is 4.60. The Balaban J connectivity index is -0.00000128. The molecule has 0 aliphatic rings. The fourth-order valence-corrected chi connectivity index (χ4v) is 1.75. The molecule has 0 aromatic carbocycles. The molecule has 120 valence electrons. The van der Waals surface area contributed by atoms with Crippen molar-refractivity contribution in [3.8, 4) is 0 Å². The Morgan fingerprint density at radius 3 is 1.11 bits per heavy atom. The first-order valence-corrected chi connectivity index (χ1v) is 7.20. The van der Waals surface area contributed by atoms with Crippen molar-refractivity contribution in [3.63, 3.8) is 0 Å². The van der Waals surface area contributed by atoms with E-state index in [1.807, 2.05) is 0 Å². The molecule has 0 saturated carbocycles. The standard InChI is InChI=1S/C14H34N2O.2HI/c1-7-15(5,8-2)11-13-17-14-12-16(6,9-3)10-4;;/h7-14H2,1-6H3;2*1H/q+2;;/p-2. The van der Waals surface area contributed by atoms with Gasteiger partial charge in [0.2, 0.25) is 0 Å². The quantitative estimate of drug-likeness (QED) is 0.169. The van der Waals surface area contributed by atoms with Gasteiger partial charge in [-0.05, 0) is 27.7 Å². The summed E-state index contributed by atoms with van der Waals surface area (Å²) >= 11 is 0. The van der Waals surface area contributed by atoms with Crippen LogP contribution in [0.25, 0.3) is 0 Å². The lowest BCUT2D eigenvalue weighted by Crippen LogP contribution is -3.00. The second kappa shape index (κ2) is 13.0. The van der Waals surface area contributed by atoms with Crippen LogP contribution >= 0.6 is 0 Å². The second-order valence-corrected chi connectivity index (χ2v) is 5.56. The zero-order valence-electron chi connectivity index (χ0n) is 13.7. The minimum Gasteiger partial charge on any atom is -1.00 e. The van der Waals surface area contributed by atoms with Crippen LogP contribution in [0, 0.1) is 0 Å². The molecule has 19 heavy (non-hydrogen) atoms. The third-order valence-corrected chi connectivity index (χ3v) is 4.60. The van der Waals surface area contributed by atoms with Crippen LogP contribution in [0.15, 0.2) is 0 Å². The molecular weight excluding hydrogens is 466 g/mol. The summed E-state index contributed by atoms with van der Waals surface area (Å²) in [6.45, 7) is 17.8. The summed E-state index contributed by atoms with van der Waals surface area (Å²) in [6.07, 6.45) is 0. The van der Waals surface area contributed by atoms with Crippen molar-refractivity contribution in [2.75, 3.05) is 66.6 Å². The first kappa shape index (κ1) is 25.3. The predicted octanol–water partition coefficient (Wildman–Crippen LogP) is -4.02. The van der Waals surface area contributed by atoms with Crippen LogP contribution in [0.3, 0.4) is 0 Å². The van der Waals surface area contributed by atoms with Gasteiger partial charge in [-0.25, -0.2) is 0 Å². The fraction of sp³-hybridized carbons (Fsp3) is 1.00. The lowest BCUT2D eigenvalue weighted by molar-refractivity contribution is -0.909. The largest absolute Gasteiger partial charge is 1.00 e. The van der Waals surface area contributed by atoms with Crippen molar-refractivity contribution in [1.82, 2.24) is 0 Å². The Morgan fingerprint density at radius 1 is 0.632 bits per heavy atom. The summed E-state index contributed by atoms with van der Waals surface area (Å²) in [5.74, 6) is 0. The van der Waals surface area contributed by atoms with Crippen LogP contribution < -0.4 is 48.0 Å². The molecule has 0 heterocycles. The van der Waals surface area contributed by atoms with E-state index in [1.54, 1.807) is 0 Å². The van der Waals surface area contributed by atoms with Gasteiger partial charge in [-0.3, -0.25) is 0 Å². The maximum atomic E-state index is 5.80. The molecule has 0 amide bonds. The summed E-state index contributed by atoms with van der Waals surface area (Å²) in [7, 11) is 4.61. The number of quaternary nitrogens is 2. The summed E-state index contributed by atoms with van der Waals surface area (Å²) in [5, 5.41) is 0. The van der Waals surface area contributed by atoms with Crippen molar-refractivity contribution in [3.05, 3.63) is 0 Å². The van der Waals surface area contributed by atoms with E-state index in [0.29, 0.717) is 0 Å². The average Bonchev–Trinajstić information content (AvgIpc) is 2.37. The van der Waals surface area contributed by atoms with Gasteiger partial charge in [-0.1, -0.05) is 0 Å². The van der Waals surface area contributed by atoms with Crippen LogP contribution in [0.2, 0.25) is 0 Å². The number of halogens is 2. The second-order valence-electron chi connectivity index (χ2n) is 5.56. The van der Waals surface area contributed by atoms with E-state index in [-0.39, 0.29) is 48.0 Å². The molecule has 0 fully saturated rings. The van der Waals surface area contributed by atoms with Crippen LogP contribution in [0.1, 0.15) is 27.7 Å². The van der Waals surface area contributed by atoms with E-state index in [1.165, 1.54) is 26.2 Å². The van der Waals surface area contributed by atoms with Gasteiger partial charge in [0, 0.05) is 0 Å². The Kier molecular flexibility index (Phi) is 17.4. The van der Waals surface area contributed by atoms with Crippen LogP contribution in [0.5, 0.6) is 0 Å². The summed E-state index contributed by atoms with van der Waals surface area (Å²) < 4.78 is 8.04. The fourth-order valence-electron chi connectivity index (χ4n) is 1.75. The number of nitrogens with zero attached hydrogens (tertiary/aromatic N) is 2. The van der Waals surface area contributed by atoms with Gasteiger partial charge < -0.3 is 61.7 Å². The number of ether oxygens (including phenoxy) is 1. The molecule has 0 radical (unpaired) electrons. The molecule has 0 unspecified atom stereocenters. The van der Waals surface area contributed by atoms with Crippen molar-refractivity contribution < 1.29 is 61.7 Å². The van der Waals surface area contributed by atoms with E-state index in [2.05, 4.69) is 41.8 Å². The molecule has 0 aliphatic heterocycles. The van der Waals surface area contributed by atoms with Gasteiger partial charge in [0.1, 0.15) is 13.1 Å². The Hall–Kier alpha value is 1.34. The number of hydrogen-bond acceptors (Lipinski definition) is 1. The summed E-state index contributed by atoms with van der Waals surface area (Å²) in [4.78, 5) is 0. The molecule has 0 rings (SSSR count). The van der Waals surface area contributed by atoms with Gasteiger partial charge in [0.25, 0.3) is 0 Å². The molecule has 0 N–H and O–H groups in total. The first-order valence-electron chi connectivity index (χ1n) is 7.20. The summed E-state index contributed by atoms with van der Waals surface area (Å²) in [5.41, 5.74) is 0. The van der Waals surface area contributed by atoms with Crippen molar-refractivity contribution in [2.24, 2.45) is 0 Å². The van der Waals surface area contributed by atoms with Gasteiger partial charge in [0.15, 0.2) is 0 Å². The highest BCUT2D eigenvalue weighted by atomic mass is 127. The highest BCUT2D eigenvalue weighted by Gasteiger charge is 2.17. The van der Waals surface area contributed by atoms with Crippen LogP contribution in [-0.4, -0.2) is 75.5 Å². The molecule has 0 saturated heterocycles. The van der Waals surface area contributed by atoms with E-state index < -0.39 is 0 Å². The lowest BCUT2D eigenvalue weighted by Gasteiger charge is -2.33. The molecule has 0 bridgehead atoms. The third kappa shape index (κ3) is 10.7. The lowest BCUT2D eigenvalue weighted by atomic mass is 10.4. The van der Waals surface area contributed by atoms with Crippen LogP contribution in [-0.2, 0) is 4.74 Å². The van der Waals surface area contributed by atoms with E-state index in [9.17, 15) is 0 Å². The molecule has 3 nitrogen and oxygen atoms in total. The molecule has 0 atom stereocenters. The summed E-state index contributed by atoms with van der Waals surface area (Å²) in [6, 6.07) is 0.